The number of benzene rings is 2. The molecule has 2 aromatic carbocycles. The molecule has 2 aromatic rings. The molecule has 0 aliphatic rings. The van der Waals surface area contributed by atoms with Gasteiger partial charge in [-0.1, -0.05) is 6.07 Å². The molecular formula is C18H17F2N3O3S. The Morgan fingerprint density at radius 1 is 1.19 bits per heavy atom. The van der Waals surface area contributed by atoms with Crippen molar-refractivity contribution in [2.24, 2.45) is 0 Å². The molecule has 0 aliphatic heterocycles. The van der Waals surface area contributed by atoms with Gasteiger partial charge in [-0.05, 0) is 37.3 Å². The lowest BCUT2D eigenvalue weighted by molar-refractivity contribution is 0.0939. The number of hydrogen-bond donors (Lipinski definition) is 2. The van der Waals surface area contributed by atoms with E-state index in [-0.39, 0.29) is 29.0 Å². The maximum Gasteiger partial charge on any atom is 0.251 e. The molecule has 0 spiro atoms. The number of nitrogens with zero attached hydrogens (tertiary/aromatic N) is 1. The molecule has 0 heterocycles. The Labute approximate surface area is 155 Å². The number of nitrogens with one attached hydrogen (secondary N) is 2. The fraction of sp³-hybridized carbons (Fsp3) is 0.222. The highest BCUT2D eigenvalue weighted by Gasteiger charge is 2.17. The smallest absolute Gasteiger partial charge is 0.251 e. The predicted molar refractivity (Wildman–Crippen MR) is 94.1 cm³/mol. The van der Waals surface area contributed by atoms with Crippen molar-refractivity contribution in [1.29, 1.82) is 5.26 Å². The minimum Gasteiger partial charge on any atom is -0.345 e. The molecule has 2 rings (SSSR count). The second kappa shape index (κ2) is 8.70. The maximum absolute atomic E-state index is 13.8. The number of sulfonamides is 1. The lowest BCUT2D eigenvalue weighted by Gasteiger charge is -2.15. The van der Waals surface area contributed by atoms with Gasteiger partial charge in [0.15, 0.2) is 0 Å². The predicted octanol–water partition coefficient (Wildman–Crippen LogP) is 2.65. The lowest BCUT2D eigenvalue weighted by atomic mass is 10.1. The van der Waals surface area contributed by atoms with Crippen LogP contribution in [0.3, 0.4) is 0 Å². The first-order valence-corrected chi connectivity index (χ1v) is 9.45. The summed E-state index contributed by atoms with van der Waals surface area (Å²) >= 11 is 0. The van der Waals surface area contributed by atoms with Gasteiger partial charge in [-0.15, -0.1) is 0 Å². The third kappa shape index (κ3) is 5.32. The van der Waals surface area contributed by atoms with E-state index in [1.165, 1.54) is 30.3 Å². The Balaban J connectivity index is 2.08. The van der Waals surface area contributed by atoms with Gasteiger partial charge in [0.2, 0.25) is 10.0 Å². The minimum atomic E-state index is -3.77. The largest absolute Gasteiger partial charge is 0.345 e. The quantitative estimate of drug-likeness (QED) is 0.707. The first kappa shape index (κ1) is 20.5. The van der Waals surface area contributed by atoms with Gasteiger partial charge in [-0.2, -0.15) is 5.26 Å². The maximum atomic E-state index is 13.8. The van der Waals surface area contributed by atoms with E-state index >= 15 is 0 Å². The molecule has 1 atom stereocenters. The van der Waals surface area contributed by atoms with Crippen molar-refractivity contribution in [2.75, 3.05) is 6.54 Å². The number of amides is 1. The lowest BCUT2D eigenvalue weighted by Crippen LogP contribution is -2.27. The van der Waals surface area contributed by atoms with E-state index in [9.17, 15) is 22.0 Å². The Kier molecular flexibility index (Phi) is 6.60. The Bertz CT molecular complexity index is 970. The molecule has 1 amide bonds. The summed E-state index contributed by atoms with van der Waals surface area (Å²) in [6, 6.07) is 9.35. The highest BCUT2D eigenvalue weighted by molar-refractivity contribution is 7.89. The SMILES string of the molecule is C[C@H](NC(=O)c1ccc(S(=O)(=O)NCCC#N)cc1)c1ccc(F)cc1F. The molecule has 0 saturated heterocycles. The average molecular weight is 393 g/mol. The van der Waals surface area contributed by atoms with Crippen LogP contribution in [0.15, 0.2) is 47.4 Å². The van der Waals surface area contributed by atoms with E-state index in [1.807, 2.05) is 6.07 Å². The fourth-order valence-corrected chi connectivity index (χ4v) is 3.35. The van der Waals surface area contributed by atoms with Crippen LogP contribution in [0, 0.1) is 23.0 Å². The van der Waals surface area contributed by atoms with E-state index in [1.54, 1.807) is 6.92 Å². The number of carbonyl (C=O) groups is 1. The summed E-state index contributed by atoms with van der Waals surface area (Å²) in [6.07, 6.45) is 0.0392. The molecular weight excluding hydrogens is 376 g/mol. The van der Waals surface area contributed by atoms with E-state index < -0.39 is 33.6 Å². The number of hydrogen-bond acceptors (Lipinski definition) is 4. The van der Waals surface area contributed by atoms with Crippen molar-refractivity contribution >= 4 is 15.9 Å². The standard InChI is InChI=1S/C18H17F2N3O3S/c1-12(16-8-5-14(19)11-17(16)20)23-18(24)13-3-6-15(7-4-13)27(25,26)22-10-2-9-21/h3-8,11-12,22H,2,10H2,1H3,(H,23,24)/t12-/m0/s1. The van der Waals surface area contributed by atoms with Crippen LogP contribution in [-0.2, 0) is 10.0 Å². The molecule has 9 heteroatoms. The summed E-state index contributed by atoms with van der Waals surface area (Å²) in [7, 11) is -3.77. The second-order valence-corrected chi connectivity index (χ2v) is 7.46. The molecule has 6 nitrogen and oxygen atoms in total. The van der Waals surface area contributed by atoms with Crippen LogP contribution in [0.25, 0.3) is 0 Å². The van der Waals surface area contributed by atoms with Gasteiger partial charge in [0.25, 0.3) is 5.91 Å². The second-order valence-electron chi connectivity index (χ2n) is 5.69. The van der Waals surface area contributed by atoms with Crippen LogP contribution in [0.5, 0.6) is 0 Å². The van der Waals surface area contributed by atoms with Crippen LogP contribution < -0.4 is 10.0 Å². The van der Waals surface area contributed by atoms with Crippen LogP contribution in [0.1, 0.15) is 35.3 Å². The van der Waals surface area contributed by atoms with E-state index in [0.717, 1.165) is 12.1 Å². The third-order valence-electron chi connectivity index (χ3n) is 3.73. The first-order chi connectivity index (χ1) is 12.7. The van der Waals surface area contributed by atoms with Crippen LogP contribution >= 0.6 is 0 Å². The van der Waals surface area contributed by atoms with Gasteiger partial charge in [0.1, 0.15) is 11.6 Å². The zero-order valence-electron chi connectivity index (χ0n) is 14.4. The topological polar surface area (TPSA) is 99.1 Å². The van der Waals surface area contributed by atoms with Crippen molar-refractivity contribution in [1.82, 2.24) is 10.0 Å². The average Bonchev–Trinajstić information content (AvgIpc) is 2.61. The van der Waals surface area contributed by atoms with Gasteiger partial charge >= 0.3 is 0 Å². The molecule has 27 heavy (non-hydrogen) atoms. The Morgan fingerprint density at radius 3 is 2.44 bits per heavy atom. The van der Waals surface area contributed by atoms with Crippen molar-refractivity contribution in [3.05, 3.63) is 65.2 Å². The van der Waals surface area contributed by atoms with Crippen LogP contribution in [0.4, 0.5) is 8.78 Å². The molecule has 142 valence electrons. The molecule has 0 aliphatic carbocycles. The van der Waals surface area contributed by atoms with Crippen molar-refractivity contribution in [3.63, 3.8) is 0 Å². The van der Waals surface area contributed by atoms with E-state index in [0.29, 0.717) is 0 Å². The summed E-state index contributed by atoms with van der Waals surface area (Å²) in [4.78, 5) is 12.2. The van der Waals surface area contributed by atoms with Gasteiger partial charge in [-0.25, -0.2) is 21.9 Å². The normalized spacial score (nSPS) is 12.2. The van der Waals surface area contributed by atoms with Gasteiger partial charge in [0, 0.05) is 30.2 Å². The summed E-state index contributed by atoms with van der Waals surface area (Å²) in [5, 5.41) is 11.0. The summed E-state index contributed by atoms with van der Waals surface area (Å²) in [5.41, 5.74) is 0.311. The summed E-state index contributed by atoms with van der Waals surface area (Å²) in [6.45, 7) is 1.54. The number of nitriles is 1. The van der Waals surface area contributed by atoms with Crippen molar-refractivity contribution in [3.8, 4) is 6.07 Å². The Morgan fingerprint density at radius 2 is 1.85 bits per heavy atom. The van der Waals surface area contributed by atoms with E-state index in [2.05, 4.69) is 10.0 Å². The minimum absolute atomic E-state index is 0.0121. The number of rotatable bonds is 7. The molecule has 0 saturated carbocycles. The highest BCUT2D eigenvalue weighted by Crippen LogP contribution is 2.18. The van der Waals surface area contributed by atoms with Crippen LogP contribution in [0.2, 0.25) is 0 Å². The zero-order chi connectivity index (χ0) is 20.0. The third-order valence-corrected chi connectivity index (χ3v) is 5.21. The van der Waals surface area contributed by atoms with Crippen molar-refractivity contribution in [2.45, 2.75) is 24.3 Å². The first-order valence-electron chi connectivity index (χ1n) is 7.97. The molecule has 2 N–H and O–H groups in total. The highest BCUT2D eigenvalue weighted by atomic mass is 32.2. The summed E-state index contributed by atoms with van der Waals surface area (Å²) in [5.74, 6) is -2.02. The van der Waals surface area contributed by atoms with Gasteiger partial charge in [0.05, 0.1) is 17.0 Å². The molecule has 0 fully saturated rings. The molecule has 0 aromatic heterocycles. The monoisotopic (exact) mass is 393 g/mol. The fourth-order valence-electron chi connectivity index (χ4n) is 2.32. The summed E-state index contributed by atoms with van der Waals surface area (Å²) < 4.78 is 53.1. The van der Waals surface area contributed by atoms with E-state index in [4.69, 9.17) is 5.26 Å². The number of carbonyl (C=O) groups excluding carboxylic acids is 1. The van der Waals surface area contributed by atoms with Gasteiger partial charge < -0.3 is 5.32 Å². The molecule has 0 bridgehead atoms. The van der Waals surface area contributed by atoms with Crippen LogP contribution in [-0.4, -0.2) is 20.9 Å². The van der Waals surface area contributed by atoms with Gasteiger partial charge in [-0.3, -0.25) is 4.79 Å². The molecule has 0 unspecified atom stereocenters. The van der Waals surface area contributed by atoms with Crippen molar-refractivity contribution < 1.29 is 22.0 Å². The zero-order valence-corrected chi connectivity index (χ0v) is 15.2. The Hall–Kier alpha value is -2.83. The number of halogens is 2. The molecule has 0 radical (unpaired) electrons.